The lowest BCUT2D eigenvalue weighted by Crippen LogP contribution is -1.81. The van der Waals surface area contributed by atoms with Crippen molar-refractivity contribution in [2.75, 3.05) is 0 Å². The largest absolute Gasteiger partial charge is 0.508 e. The Hall–Kier alpha value is -1.35. The molecule has 0 unspecified atom stereocenters. The molecule has 0 bridgehead atoms. The van der Waals surface area contributed by atoms with E-state index in [1.807, 2.05) is 11.4 Å². The number of phenols is 1. The fourth-order valence-electron chi connectivity index (χ4n) is 1.32. The Labute approximate surface area is 79.4 Å². The second-order valence-electron chi connectivity index (χ2n) is 2.81. The summed E-state index contributed by atoms with van der Waals surface area (Å²) in [7, 11) is 0. The number of aromatic hydroxyl groups is 1. The van der Waals surface area contributed by atoms with Crippen LogP contribution in [0.1, 0.15) is 5.56 Å². The van der Waals surface area contributed by atoms with Crippen molar-refractivity contribution in [1.82, 2.24) is 0 Å². The van der Waals surface area contributed by atoms with Gasteiger partial charge in [-0.05, 0) is 34.5 Å². The van der Waals surface area contributed by atoms with E-state index in [4.69, 9.17) is 0 Å². The summed E-state index contributed by atoms with van der Waals surface area (Å²) in [6, 6.07) is 5.21. The van der Waals surface area contributed by atoms with Crippen molar-refractivity contribution < 1.29 is 9.90 Å². The first-order chi connectivity index (χ1) is 6.31. The smallest absolute Gasteiger partial charge is 0.124 e. The SMILES string of the molecule is O=CCc1csc2cc(O)ccc12. The first-order valence-electron chi connectivity index (χ1n) is 3.94. The normalized spacial score (nSPS) is 10.5. The molecule has 0 atom stereocenters. The van der Waals surface area contributed by atoms with Crippen LogP contribution < -0.4 is 0 Å². The molecule has 0 amide bonds. The molecule has 13 heavy (non-hydrogen) atoms. The van der Waals surface area contributed by atoms with Gasteiger partial charge >= 0.3 is 0 Å². The van der Waals surface area contributed by atoms with Gasteiger partial charge in [0.2, 0.25) is 0 Å². The Morgan fingerprint density at radius 2 is 2.31 bits per heavy atom. The third-order valence-corrected chi connectivity index (χ3v) is 2.94. The second kappa shape index (κ2) is 3.18. The molecule has 66 valence electrons. The summed E-state index contributed by atoms with van der Waals surface area (Å²) in [4.78, 5) is 10.3. The Kier molecular flexibility index (Phi) is 2.02. The Bertz CT molecular complexity index is 445. The van der Waals surface area contributed by atoms with Gasteiger partial charge in [-0.15, -0.1) is 11.3 Å². The lowest BCUT2D eigenvalue weighted by Gasteiger charge is -1.93. The maximum Gasteiger partial charge on any atom is 0.124 e. The van der Waals surface area contributed by atoms with Crippen LogP contribution in [0.4, 0.5) is 0 Å². The molecule has 2 nitrogen and oxygen atoms in total. The van der Waals surface area contributed by atoms with Crippen LogP contribution in [0, 0.1) is 0 Å². The van der Waals surface area contributed by atoms with E-state index in [1.54, 1.807) is 23.5 Å². The number of rotatable bonds is 2. The highest BCUT2D eigenvalue weighted by Crippen LogP contribution is 2.28. The van der Waals surface area contributed by atoms with Crippen LogP contribution in [0.25, 0.3) is 10.1 Å². The number of carbonyl (C=O) groups excluding carboxylic acids is 1. The zero-order chi connectivity index (χ0) is 9.26. The Balaban J connectivity index is 2.61. The quantitative estimate of drug-likeness (QED) is 0.741. The molecule has 2 aromatic rings. The van der Waals surface area contributed by atoms with Gasteiger partial charge in [-0.2, -0.15) is 0 Å². The lowest BCUT2D eigenvalue weighted by molar-refractivity contribution is -0.107. The fraction of sp³-hybridized carbons (Fsp3) is 0.100. The van der Waals surface area contributed by atoms with Crippen molar-refractivity contribution in [1.29, 1.82) is 0 Å². The highest BCUT2D eigenvalue weighted by atomic mass is 32.1. The van der Waals surface area contributed by atoms with Gasteiger partial charge in [-0.3, -0.25) is 0 Å². The third kappa shape index (κ3) is 1.42. The fourth-order valence-corrected chi connectivity index (χ4v) is 2.33. The number of benzene rings is 1. The van der Waals surface area contributed by atoms with Gasteiger partial charge < -0.3 is 9.90 Å². The molecular weight excluding hydrogens is 184 g/mol. The molecule has 0 saturated heterocycles. The molecule has 2 rings (SSSR count). The van der Waals surface area contributed by atoms with Crippen LogP contribution in [-0.4, -0.2) is 11.4 Å². The van der Waals surface area contributed by atoms with Crippen molar-refractivity contribution in [3.8, 4) is 5.75 Å². The van der Waals surface area contributed by atoms with Gasteiger partial charge in [-0.25, -0.2) is 0 Å². The van der Waals surface area contributed by atoms with Gasteiger partial charge in [0.1, 0.15) is 12.0 Å². The van der Waals surface area contributed by atoms with Crippen molar-refractivity contribution in [3.05, 3.63) is 29.1 Å². The topological polar surface area (TPSA) is 37.3 Å². The second-order valence-corrected chi connectivity index (χ2v) is 3.72. The van der Waals surface area contributed by atoms with E-state index >= 15 is 0 Å². The van der Waals surface area contributed by atoms with Crippen LogP contribution in [0.2, 0.25) is 0 Å². The van der Waals surface area contributed by atoms with Crippen molar-refractivity contribution >= 4 is 27.7 Å². The van der Waals surface area contributed by atoms with Gasteiger partial charge in [0.25, 0.3) is 0 Å². The molecule has 3 heteroatoms. The van der Waals surface area contributed by atoms with E-state index in [1.165, 1.54) is 0 Å². The van der Waals surface area contributed by atoms with Crippen LogP contribution >= 0.6 is 11.3 Å². The van der Waals surface area contributed by atoms with E-state index in [0.717, 1.165) is 21.9 Å². The summed E-state index contributed by atoms with van der Waals surface area (Å²) in [5.74, 6) is 0.270. The van der Waals surface area contributed by atoms with Gasteiger partial charge in [0, 0.05) is 11.1 Å². The zero-order valence-electron chi connectivity index (χ0n) is 6.86. The molecule has 0 aliphatic rings. The average Bonchev–Trinajstić information content (AvgIpc) is 2.49. The maximum atomic E-state index is 10.3. The summed E-state index contributed by atoms with van der Waals surface area (Å²) in [5, 5.41) is 12.2. The highest BCUT2D eigenvalue weighted by molar-refractivity contribution is 7.17. The summed E-state index contributed by atoms with van der Waals surface area (Å²) < 4.78 is 1.02. The summed E-state index contributed by atoms with van der Waals surface area (Å²) in [5.41, 5.74) is 1.04. The Morgan fingerprint density at radius 1 is 1.46 bits per heavy atom. The van der Waals surface area contributed by atoms with Crippen LogP contribution in [0.3, 0.4) is 0 Å². The lowest BCUT2D eigenvalue weighted by atomic mass is 10.1. The van der Waals surface area contributed by atoms with Crippen molar-refractivity contribution in [2.24, 2.45) is 0 Å². The molecule has 1 N–H and O–H groups in total. The van der Waals surface area contributed by atoms with E-state index in [-0.39, 0.29) is 5.75 Å². The maximum absolute atomic E-state index is 10.3. The van der Waals surface area contributed by atoms with Crippen molar-refractivity contribution in [3.63, 3.8) is 0 Å². The molecule has 0 aliphatic heterocycles. The number of phenolic OH excluding ortho intramolecular Hbond substituents is 1. The Morgan fingerprint density at radius 3 is 3.08 bits per heavy atom. The molecule has 1 aromatic carbocycles. The number of aldehydes is 1. The van der Waals surface area contributed by atoms with E-state index in [2.05, 4.69) is 0 Å². The minimum atomic E-state index is 0.270. The number of thiophene rings is 1. The van der Waals surface area contributed by atoms with E-state index < -0.39 is 0 Å². The van der Waals surface area contributed by atoms with Gasteiger partial charge in [-0.1, -0.05) is 0 Å². The van der Waals surface area contributed by atoms with Crippen LogP contribution in [-0.2, 0) is 11.2 Å². The molecule has 0 aliphatic carbocycles. The predicted molar refractivity (Wildman–Crippen MR) is 53.3 cm³/mol. The monoisotopic (exact) mass is 192 g/mol. The first-order valence-corrected chi connectivity index (χ1v) is 4.82. The minimum absolute atomic E-state index is 0.270. The van der Waals surface area contributed by atoms with Gasteiger partial charge in [0.05, 0.1) is 0 Å². The highest BCUT2D eigenvalue weighted by Gasteiger charge is 2.03. The molecule has 0 spiro atoms. The predicted octanol–water partition coefficient (Wildman–Crippen LogP) is 2.35. The summed E-state index contributed by atoms with van der Waals surface area (Å²) >= 11 is 1.55. The third-order valence-electron chi connectivity index (χ3n) is 1.94. The molecule has 1 heterocycles. The molecular formula is C10H8O2S. The van der Waals surface area contributed by atoms with Crippen molar-refractivity contribution in [2.45, 2.75) is 6.42 Å². The summed E-state index contributed by atoms with van der Waals surface area (Å²) in [6.45, 7) is 0. The molecule has 0 radical (unpaired) electrons. The van der Waals surface area contributed by atoms with Crippen LogP contribution in [0.15, 0.2) is 23.6 Å². The number of hydrogen-bond acceptors (Lipinski definition) is 3. The molecule has 1 aromatic heterocycles. The standard InChI is InChI=1S/C10H8O2S/c11-4-3-7-6-13-10-5-8(12)1-2-9(7)10/h1-2,4-6,12H,3H2. The van der Waals surface area contributed by atoms with E-state index in [9.17, 15) is 9.90 Å². The first kappa shape index (κ1) is 8.26. The summed E-state index contributed by atoms with van der Waals surface area (Å²) in [6.07, 6.45) is 1.35. The van der Waals surface area contributed by atoms with E-state index in [0.29, 0.717) is 6.42 Å². The van der Waals surface area contributed by atoms with Gasteiger partial charge in [0.15, 0.2) is 0 Å². The van der Waals surface area contributed by atoms with Crippen LogP contribution in [0.5, 0.6) is 5.75 Å². The number of hydrogen-bond donors (Lipinski definition) is 1. The average molecular weight is 192 g/mol. The number of fused-ring (bicyclic) bond motifs is 1. The molecule has 0 fully saturated rings. The number of carbonyl (C=O) groups is 1. The zero-order valence-corrected chi connectivity index (χ0v) is 7.67. The molecule has 0 saturated carbocycles. The minimum Gasteiger partial charge on any atom is -0.508 e.